The van der Waals surface area contributed by atoms with E-state index in [1.165, 1.54) is 19.3 Å². The van der Waals surface area contributed by atoms with Gasteiger partial charge in [-0.2, -0.15) is 0 Å². The average molecular weight is 287 g/mol. The Balaban J connectivity index is 2.05. The standard InChI is InChI=1S/C14H20Cl2N2/c1-9(12-6-5-11(15)7-13(12)16)18-14-4-2-3-10(14)8-17/h5-7,9-10,14,18H,2-4,8,17H2,1H3. The van der Waals surface area contributed by atoms with Gasteiger partial charge in [-0.25, -0.2) is 0 Å². The van der Waals surface area contributed by atoms with Gasteiger partial charge in [0.15, 0.2) is 0 Å². The van der Waals surface area contributed by atoms with Gasteiger partial charge >= 0.3 is 0 Å². The highest BCUT2D eigenvalue weighted by atomic mass is 35.5. The van der Waals surface area contributed by atoms with E-state index in [0.717, 1.165) is 17.1 Å². The van der Waals surface area contributed by atoms with E-state index >= 15 is 0 Å². The van der Waals surface area contributed by atoms with Crippen LogP contribution in [-0.2, 0) is 0 Å². The summed E-state index contributed by atoms with van der Waals surface area (Å²) in [5, 5.41) is 5.05. The molecule has 1 aromatic rings. The van der Waals surface area contributed by atoms with Gasteiger partial charge in [0, 0.05) is 22.1 Å². The third-order valence-corrected chi connectivity index (χ3v) is 4.42. The van der Waals surface area contributed by atoms with Crippen LogP contribution < -0.4 is 11.1 Å². The number of hydrogen-bond donors (Lipinski definition) is 2. The van der Waals surface area contributed by atoms with Crippen LogP contribution >= 0.6 is 23.2 Å². The summed E-state index contributed by atoms with van der Waals surface area (Å²) in [4.78, 5) is 0. The van der Waals surface area contributed by atoms with Crippen LogP contribution in [0.2, 0.25) is 10.0 Å². The third kappa shape index (κ3) is 3.18. The maximum absolute atomic E-state index is 6.23. The first-order valence-electron chi connectivity index (χ1n) is 6.53. The molecule has 2 nitrogen and oxygen atoms in total. The van der Waals surface area contributed by atoms with Gasteiger partial charge < -0.3 is 11.1 Å². The lowest BCUT2D eigenvalue weighted by Gasteiger charge is -2.25. The smallest absolute Gasteiger partial charge is 0.0468 e. The molecule has 0 saturated heterocycles. The summed E-state index contributed by atoms with van der Waals surface area (Å²) in [5.41, 5.74) is 6.91. The topological polar surface area (TPSA) is 38.0 Å². The summed E-state index contributed by atoms with van der Waals surface area (Å²) in [6.45, 7) is 2.90. The second-order valence-corrected chi connectivity index (χ2v) is 5.93. The normalized spacial score (nSPS) is 25.3. The van der Waals surface area contributed by atoms with Crippen LogP contribution in [-0.4, -0.2) is 12.6 Å². The molecule has 0 radical (unpaired) electrons. The summed E-state index contributed by atoms with van der Waals surface area (Å²) in [6, 6.07) is 6.42. The summed E-state index contributed by atoms with van der Waals surface area (Å²) in [6.07, 6.45) is 3.70. The quantitative estimate of drug-likeness (QED) is 0.884. The van der Waals surface area contributed by atoms with Crippen LogP contribution in [0.5, 0.6) is 0 Å². The summed E-state index contributed by atoms with van der Waals surface area (Å²) >= 11 is 12.1. The molecule has 0 amide bonds. The Bertz CT molecular complexity index is 409. The molecule has 3 N–H and O–H groups in total. The van der Waals surface area contributed by atoms with Crippen LogP contribution in [0.25, 0.3) is 0 Å². The SMILES string of the molecule is CC(NC1CCCC1CN)c1ccc(Cl)cc1Cl. The fourth-order valence-corrected chi connectivity index (χ4v) is 3.37. The Morgan fingerprint density at radius 3 is 2.83 bits per heavy atom. The Morgan fingerprint density at radius 1 is 1.39 bits per heavy atom. The molecule has 0 aromatic heterocycles. The first-order chi connectivity index (χ1) is 8.61. The molecule has 0 bridgehead atoms. The summed E-state index contributed by atoms with van der Waals surface area (Å²) in [7, 11) is 0. The largest absolute Gasteiger partial charge is 0.330 e. The number of benzene rings is 1. The number of hydrogen-bond acceptors (Lipinski definition) is 2. The van der Waals surface area contributed by atoms with Crippen molar-refractivity contribution in [3.63, 3.8) is 0 Å². The molecule has 3 atom stereocenters. The van der Waals surface area contributed by atoms with Gasteiger partial charge in [0.25, 0.3) is 0 Å². The average Bonchev–Trinajstić information content (AvgIpc) is 2.76. The van der Waals surface area contributed by atoms with Crippen LogP contribution in [0.1, 0.15) is 37.8 Å². The van der Waals surface area contributed by atoms with Crippen molar-refractivity contribution in [3.8, 4) is 0 Å². The Morgan fingerprint density at radius 2 is 2.17 bits per heavy atom. The van der Waals surface area contributed by atoms with Gasteiger partial charge in [-0.15, -0.1) is 0 Å². The van der Waals surface area contributed by atoms with E-state index in [-0.39, 0.29) is 6.04 Å². The molecule has 0 spiro atoms. The fraction of sp³-hybridized carbons (Fsp3) is 0.571. The molecule has 18 heavy (non-hydrogen) atoms. The molecule has 1 aromatic carbocycles. The van der Waals surface area contributed by atoms with Gasteiger partial charge in [0.2, 0.25) is 0 Å². The molecular formula is C14H20Cl2N2. The first kappa shape index (κ1) is 14.1. The van der Waals surface area contributed by atoms with Gasteiger partial charge in [-0.3, -0.25) is 0 Å². The minimum absolute atomic E-state index is 0.229. The number of rotatable bonds is 4. The van der Waals surface area contributed by atoms with E-state index in [2.05, 4.69) is 12.2 Å². The maximum atomic E-state index is 6.23. The molecular weight excluding hydrogens is 267 g/mol. The Labute approximate surface area is 119 Å². The molecule has 1 aliphatic carbocycles. The molecule has 1 saturated carbocycles. The molecule has 4 heteroatoms. The maximum Gasteiger partial charge on any atom is 0.0468 e. The second kappa shape index (κ2) is 6.25. The molecule has 3 unspecified atom stereocenters. The minimum Gasteiger partial charge on any atom is -0.330 e. The van der Waals surface area contributed by atoms with E-state index < -0.39 is 0 Å². The zero-order valence-corrected chi connectivity index (χ0v) is 12.1. The van der Waals surface area contributed by atoms with Crippen molar-refractivity contribution in [1.82, 2.24) is 5.32 Å². The van der Waals surface area contributed by atoms with E-state index in [0.29, 0.717) is 17.0 Å². The van der Waals surface area contributed by atoms with Gasteiger partial charge in [0.1, 0.15) is 0 Å². The Hall–Kier alpha value is -0.280. The lowest BCUT2D eigenvalue weighted by Crippen LogP contribution is -2.37. The van der Waals surface area contributed by atoms with Crippen molar-refractivity contribution in [1.29, 1.82) is 0 Å². The van der Waals surface area contributed by atoms with Crippen molar-refractivity contribution in [2.45, 2.75) is 38.3 Å². The second-order valence-electron chi connectivity index (χ2n) is 5.09. The minimum atomic E-state index is 0.229. The highest BCUT2D eigenvalue weighted by molar-refractivity contribution is 6.35. The molecule has 1 aliphatic rings. The molecule has 0 aliphatic heterocycles. The Kier molecular flexibility index (Phi) is 4.91. The number of halogens is 2. The van der Waals surface area contributed by atoms with Crippen LogP contribution in [0.15, 0.2) is 18.2 Å². The van der Waals surface area contributed by atoms with Crippen molar-refractivity contribution in [2.24, 2.45) is 11.7 Å². The van der Waals surface area contributed by atoms with Crippen molar-refractivity contribution >= 4 is 23.2 Å². The van der Waals surface area contributed by atoms with E-state index in [1.807, 2.05) is 12.1 Å². The number of nitrogens with two attached hydrogens (primary N) is 1. The predicted molar refractivity (Wildman–Crippen MR) is 78.2 cm³/mol. The highest BCUT2D eigenvalue weighted by Crippen LogP contribution is 2.30. The molecule has 2 rings (SSSR count). The van der Waals surface area contributed by atoms with Crippen LogP contribution in [0, 0.1) is 5.92 Å². The zero-order chi connectivity index (χ0) is 13.1. The van der Waals surface area contributed by atoms with Crippen molar-refractivity contribution in [3.05, 3.63) is 33.8 Å². The molecule has 0 heterocycles. The summed E-state index contributed by atoms with van der Waals surface area (Å²) < 4.78 is 0. The van der Waals surface area contributed by atoms with Gasteiger partial charge in [-0.1, -0.05) is 35.7 Å². The van der Waals surface area contributed by atoms with Crippen LogP contribution in [0.4, 0.5) is 0 Å². The fourth-order valence-electron chi connectivity index (χ4n) is 2.80. The van der Waals surface area contributed by atoms with Crippen molar-refractivity contribution < 1.29 is 0 Å². The summed E-state index contributed by atoms with van der Waals surface area (Å²) in [5.74, 6) is 0.596. The van der Waals surface area contributed by atoms with E-state index in [9.17, 15) is 0 Å². The molecule has 100 valence electrons. The highest BCUT2D eigenvalue weighted by Gasteiger charge is 2.27. The first-order valence-corrected chi connectivity index (χ1v) is 7.28. The zero-order valence-electron chi connectivity index (χ0n) is 10.6. The van der Waals surface area contributed by atoms with E-state index in [1.54, 1.807) is 6.07 Å². The number of nitrogens with one attached hydrogen (secondary N) is 1. The lowest BCUT2D eigenvalue weighted by atomic mass is 10.0. The molecule has 1 fully saturated rings. The van der Waals surface area contributed by atoms with Gasteiger partial charge in [0.05, 0.1) is 0 Å². The predicted octanol–water partition coefficient (Wildman–Crippen LogP) is 3.77. The van der Waals surface area contributed by atoms with E-state index in [4.69, 9.17) is 28.9 Å². The monoisotopic (exact) mass is 286 g/mol. The third-order valence-electron chi connectivity index (χ3n) is 3.85. The lowest BCUT2D eigenvalue weighted by molar-refractivity contribution is 0.374. The van der Waals surface area contributed by atoms with Gasteiger partial charge in [-0.05, 0) is 49.9 Å². The van der Waals surface area contributed by atoms with Crippen molar-refractivity contribution in [2.75, 3.05) is 6.54 Å². The van der Waals surface area contributed by atoms with Crippen LogP contribution in [0.3, 0.4) is 0 Å².